The molecule has 9 aromatic rings. The molecule has 0 amide bonds. The van der Waals surface area contributed by atoms with Crippen LogP contribution in [0.25, 0.3) is 64.6 Å². The van der Waals surface area contributed by atoms with E-state index in [9.17, 15) is 0 Å². The molecular formula is C41H26N2OS. The summed E-state index contributed by atoms with van der Waals surface area (Å²) in [4.78, 5) is 7.30. The highest BCUT2D eigenvalue weighted by Crippen LogP contribution is 2.43. The predicted molar refractivity (Wildman–Crippen MR) is 190 cm³/mol. The molecule has 212 valence electrons. The quantitative estimate of drug-likeness (QED) is 0.198. The Kier molecular flexibility index (Phi) is 6.00. The number of benzene rings is 7. The molecule has 0 bridgehead atoms. The smallest absolute Gasteiger partial charge is 0.227 e. The summed E-state index contributed by atoms with van der Waals surface area (Å²) < 4.78 is 8.78. The number of hydrogen-bond acceptors (Lipinski definition) is 4. The lowest BCUT2D eigenvalue weighted by Crippen LogP contribution is -2.10. The van der Waals surface area contributed by atoms with Gasteiger partial charge in [0.15, 0.2) is 5.58 Å². The lowest BCUT2D eigenvalue weighted by molar-refractivity contribution is 0.620. The third-order valence-electron chi connectivity index (χ3n) is 8.50. The second-order valence-corrected chi connectivity index (χ2v) is 12.3. The van der Waals surface area contributed by atoms with E-state index in [-0.39, 0.29) is 0 Å². The summed E-state index contributed by atoms with van der Waals surface area (Å²) >= 11 is 1.84. The van der Waals surface area contributed by atoms with Gasteiger partial charge in [0, 0.05) is 48.1 Å². The Morgan fingerprint density at radius 1 is 0.511 bits per heavy atom. The van der Waals surface area contributed by atoms with Crippen molar-refractivity contribution in [3.8, 4) is 22.6 Å². The number of para-hydroxylation sites is 1. The van der Waals surface area contributed by atoms with Crippen molar-refractivity contribution in [3.05, 3.63) is 158 Å². The molecule has 45 heavy (non-hydrogen) atoms. The van der Waals surface area contributed by atoms with Crippen LogP contribution in [0.2, 0.25) is 0 Å². The molecule has 0 atom stereocenters. The first-order chi connectivity index (χ1) is 22.3. The minimum Gasteiger partial charge on any atom is -0.436 e. The second kappa shape index (κ2) is 10.5. The Morgan fingerprint density at radius 3 is 2.11 bits per heavy atom. The fraction of sp³-hybridized carbons (Fsp3) is 0. The van der Waals surface area contributed by atoms with Gasteiger partial charge in [0.05, 0.1) is 5.69 Å². The topological polar surface area (TPSA) is 29.3 Å². The molecule has 0 radical (unpaired) electrons. The second-order valence-electron chi connectivity index (χ2n) is 11.2. The fourth-order valence-electron chi connectivity index (χ4n) is 6.36. The molecule has 0 aliphatic rings. The molecule has 0 spiro atoms. The Bertz CT molecular complexity index is 2490. The van der Waals surface area contributed by atoms with Crippen molar-refractivity contribution >= 4 is 70.4 Å². The largest absolute Gasteiger partial charge is 0.436 e. The highest BCUT2D eigenvalue weighted by Gasteiger charge is 2.18. The standard InChI is InChI=1S/C41H26N2OS/c1-2-11-29(12-3-1)41-42-40-33(16-9-18-37(40)44-41)28-20-22-30(23-21-28)43(36-17-8-13-27-10-4-5-14-32(27)36)31-24-25-39-35(26-31)34-15-6-7-19-38(34)45-39/h1-26H. The van der Waals surface area contributed by atoms with Gasteiger partial charge in [-0.15, -0.1) is 11.3 Å². The molecule has 4 heteroatoms. The lowest BCUT2D eigenvalue weighted by Gasteiger charge is -2.27. The SMILES string of the molecule is c1ccc(-c2nc3c(-c4ccc(N(c5ccc6sc7ccccc7c6c5)c5cccc6ccccc56)cc4)cccc3o2)cc1. The number of fused-ring (bicyclic) bond motifs is 5. The molecule has 0 saturated heterocycles. The van der Waals surface area contributed by atoms with Crippen molar-refractivity contribution in [2.75, 3.05) is 4.90 Å². The summed E-state index contributed by atoms with van der Waals surface area (Å²) in [6.45, 7) is 0. The van der Waals surface area contributed by atoms with Crippen LogP contribution in [0.1, 0.15) is 0 Å². The molecule has 0 aliphatic carbocycles. The van der Waals surface area contributed by atoms with E-state index in [4.69, 9.17) is 9.40 Å². The van der Waals surface area contributed by atoms with Crippen molar-refractivity contribution in [1.82, 2.24) is 4.98 Å². The van der Waals surface area contributed by atoms with E-state index in [1.165, 1.54) is 30.9 Å². The van der Waals surface area contributed by atoms with E-state index >= 15 is 0 Å². The lowest BCUT2D eigenvalue weighted by atomic mass is 10.0. The number of oxazole rings is 1. The van der Waals surface area contributed by atoms with Crippen molar-refractivity contribution in [1.29, 1.82) is 0 Å². The van der Waals surface area contributed by atoms with Crippen LogP contribution in [0.3, 0.4) is 0 Å². The van der Waals surface area contributed by atoms with Gasteiger partial charge in [-0.3, -0.25) is 0 Å². The van der Waals surface area contributed by atoms with Crippen molar-refractivity contribution < 1.29 is 4.42 Å². The normalized spacial score (nSPS) is 11.6. The van der Waals surface area contributed by atoms with Crippen LogP contribution >= 0.6 is 11.3 Å². The summed E-state index contributed by atoms with van der Waals surface area (Å²) in [5.74, 6) is 0.633. The third kappa shape index (κ3) is 4.38. The number of anilines is 3. The van der Waals surface area contributed by atoms with Gasteiger partial charge in [0.2, 0.25) is 5.89 Å². The van der Waals surface area contributed by atoms with Gasteiger partial charge in [0.25, 0.3) is 0 Å². The zero-order valence-electron chi connectivity index (χ0n) is 24.2. The first-order valence-electron chi connectivity index (χ1n) is 15.0. The van der Waals surface area contributed by atoms with Gasteiger partial charge in [0.1, 0.15) is 5.52 Å². The highest BCUT2D eigenvalue weighted by molar-refractivity contribution is 7.25. The average molecular weight is 595 g/mol. The number of rotatable bonds is 5. The van der Waals surface area contributed by atoms with Crippen LogP contribution < -0.4 is 4.90 Å². The van der Waals surface area contributed by atoms with Crippen LogP contribution in [-0.4, -0.2) is 4.98 Å². The minimum atomic E-state index is 0.633. The molecule has 9 rings (SSSR count). The monoisotopic (exact) mass is 594 g/mol. The molecule has 0 saturated carbocycles. The predicted octanol–water partition coefficient (Wildman–Crippen LogP) is 12.2. The van der Waals surface area contributed by atoms with Gasteiger partial charge < -0.3 is 9.32 Å². The van der Waals surface area contributed by atoms with Gasteiger partial charge >= 0.3 is 0 Å². The van der Waals surface area contributed by atoms with Crippen LogP contribution in [-0.2, 0) is 0 Å². The highest BCUT2D eigenvalue weighted by atomic mass is 32.1. The molecule has 7 aromatic carbocycles. The Balaban J connectivity index is 1.19. The number of aromatic nitrogens is 1. The van der Waals surface area contributed by atoms with E-state index in [0.717, 1.165) is 44.9 Å². The molecule has 2 aromatic heterocycles. The van der Waals surface area contributed by atoms with Gasteiger partial charge in [-0.1, -0.05) is 97.1 Å². The number of nitrogens with zero attached hydrogens (tertiary/aromatic N) is 2. The molecule has 0 aliphatic heterocycles. The van der Waals surface area contributed by atoms with Gasteiger partial charge in [-0.25, -0.2) is 4.98 Å². The molecular weight excluding hydrogens is 569 g/mol. The minimum absolute atomic E-state index is 0.633. The van der Waals surface area contributed by atoms with Crippen LogP contribution in [0.15, 0.2) is 162 Å². The molecule has 0 unspecified atom stereocenters. The van der Waals surface area contributed by atoms with E-state index in [2.05, 4.69) is 120 Å². The number of thiophene rings is 1. The zero-order valence-corrected chi connectivity index (χ0v) is 25.0. The first-order valence-corrected chi connectivity index (χ1v) is 15.9. The van der Waals surface area contributed by atoms with Crippen molar-refractivity contribution in [2.45, 2.75) is 0 Å². The maximum Gasteiger partial charge on any atom is 0.227 e. The third-order valence-corrected chi connectivity index (χ3v) is 9.65. The summed E-state index contributed by atoms with van der Waals surface area (Å²) in [5, 5.41) is 5.00. The van der Waals surface area contributed by atoms with E-state index in [0.29, 0.717) is 5.89 Å². The average Bonchev–Trinajstić information content (AvgIpc) is 3.71. The molecule has 2 heterocycles. The zero-order chi connectivity index (χ0) is 29.7. The summed E-state index contributed by atoms with van der Waals surface area (Å²) in [6.07, 6.45) is 0. The van der Waals surface area contributed by atoms with E-state index in [1.54, 1.807) is 0 Å². The summed E-state index contributed by atoms with van der Waals surface area (Å²) in [5.41, 5.74) is 8.12. The van der Waals surface area contributed by atoms with E-state index < -0.39 is 0 Å². The van der Waals surface area contributed by atoms with Gasteiger partial charge in [-0.05, 0) is 71.6 Å². The first kappa shape index (κ1) is 25.8. The summed E-state index contributed by atoms with van der Waals surface area (Å²) in [6, 6.07) is 55.7. The Labute approximate surface area is 264 Å². The molecule has 3 nitrogen and oxygen atoms in total. The van der Waals surface area contributed by atoms with Crippen LogP contribution in [0, 0.1) is 0 Å². The van der Waals surface area contributed by atoms with Crippen molar-refractivity contribution in [3.63, 3.8) is 0 Å². The Morgan fingerprint density at radius 2 is 1.22 bits per heavy atom. The molecule has 0 N–H and O–H groups in total. The fourth-order valence-corrected chi connectivity index (χ4v) is 7.45. The maximum atomic E-state index is 6.18. The van der Waals surface area contributed by atoms with Gasteiger partial charge in [-0.2, -0.15) is 0 Å². The number of hydrogen-bond donors (Lipinski definition) is 0. The van der Waals surface area contributed by atoms with Crippen LogP contribution in [0.5, 0.6) is 0 Å². The molecule has 0 fully saturated rings. The summed E-state index contributed by atoms with van der Waals surface area (Å²) in [7, 11) is 0. The van der Waals surface area contributed by atoms with E-state index in [1.807, 2.05) is 53.8 Å². The van der Waals surface area contributed by atoms with Crippen molar-refractivity contribution in [2.24, 2.45) is 0 Å². The Hall–Kier alpha value is -5.71. The maximum absolute atomic E-state index is 6.18. The van der Waals surface area contributed by atoms with Crippen LogP contribution in [0.4, 0.5) is 17.1 Å².